The summed E-state index contributed by atoms with van der Waals surface area (Å²) >= 11 is 0. The first-order valence-electron chi connectivity index (χ1n) is 5.78. The standard InChI is InChI=1S/C12H11F4NO3.Li/c13-8-3-2-7(6-9(8)20-12(14,15)16)10(11(18)19)17-4-1-5-17;/h2-3,6,10H,1,4-5H2,(H,18,19);/q;+1/p-1. The van der Waals surface area contributed by atoms with Crippen LogP contribution in [0.1, 0.15) is 18.0 Å². The molecule has 1 unspecified atom stereocenters. The number of carbonyl (C=O) groups is 1. The number of nitrogens with zero attached hydrogens (tertiary/aromatic N) is 1. The predicted molar refractivity (Wildman–Crippen MR) is 57.0 cm³/mol. The van der Waals surface area contributed by atoms with Crippen molar-refractivity contribution in [2.75, 3.05) is 13.1 Å². The summed E-state index contributed by atoms with van der Waals surface area (Å²) in [7, 11) is 0. The number of aliphatic carboxylic acids is 1. The van der Waals surface area contributed by atoms with Gasteiger partial charge in [0.15, 0.2) is 11.6 Å². The van der Waals surface area contributed by atoms with E-state index in [1.165, 1.54) is 4.90 Å². The topological polar surface area (TPSA) is 52.6 Å². The maximum atomic E-state index is 13.3. The van der Waals surface area contributed by atoms with Crippen LogP contribution in [0, 0.1) is 5.82 Å². The van der Waals surface area contributed by atoms with E-state index in [9.17, 15) is 27.5 Å². The molecule has 0 saturated carbocycles. The molecule has 1 aliphatic heterocycles. The Balaban J connectivity index is 0.00000220. The Morgan fingerprint density at radius 1 is 1.33 bits per heavy atom. The number of carboxylic acids is 1. The normalized spacial score (nSPS) is 16.6. The first-order valence-corrected chi connectivity index (χ1v) is 5.78. The van der Waals surface area contributed by atoms with Crippen molar-refractivity contribution in [1.82, 2.24) is 4.90 Å². The van der Waals surface area contributed by atoms with Crippen molar-refractivity contribution < 1.29 is 51.1 Å². The smallest absolute Gasteiger partial charge is 0.548 e. The van der Waals surface area contributed by atoms with E-state index in [0.717, 1.165) is 24.6 Å². The van der Waals surface area contributed by atoms with E-state index in [0.29, 0.717) is 13.1 Å². The zero-order valence-electron chi connectivity index (χ0n) is 11.1. The van der Waals surface area contributed by atoms with Crippen LogP contribution in [-0.4, -0.2) is 30.3 Å². The molecule has 1 aromatic carbocycles. The summed E-state index contributed by atoms with van der Waals surface area (Å²) in [6, 6.07) is 1.38. The third-order valence-corrected chi connectivity index (χ3v) is 2.98. The SMILES string of the molecule is O=C([O-])C(c1ccc(F)c(OC(F)(F)F)c1)N1CCC1.[Li+]. The second-order valence-electron chi connectivity index (χ2n) is 4.35. The van der Waals surface area contributed by atoms with Gasteiger partial charge in [-0.1, -0.05) is 6.07 Å². The first kappa shape index (κ1) is 17.8. The molecular formula is C12H10F4LiNO3. The van der Waals surface area contributed by atoms with E-state index in [-0.39, 0.29) is 24.4 Å². The summed E-state index contributed by atoms with van der Waals surface area (Å²) in [5, 5.41) is 11.1. The molecule has 0 amide bonds. The Hall–Kier alpha value is -1.23. The van der Waals surface area contributed by atoms with E-state index in [4.69, 9.17) is 0 Å². The van der Waals surface area contributed by atoms with Crippen molar-refractivity contribution in [3.63, 3.8) is 0 Å². The van der Waals surface area contributed by atoms with Gasteiger partial charge in [-0.2, -0.15) is 0 Å². The molecule has 0 aromatic heterocycles. The monoisotopic (exact) mass is 299 g/mol. The second-order valence-corrected chi connectivity index (χ2v) is 4.35. The van der Waals surface area contributed by atoms with Crippen molar-refractivity contribution in [3.8, 4) is 5.75 Å². The van der Waals surface area contributed by atoms with E-state index >= 15 is 0 Å². The first-order chi connectivity index (χ1) is 9.28. The van der Waals surface area contributed by atoms with Gasteiger partial charge in [0.25, 0.3) is 0 Å². The molecule has 21 heavy (non-hydrogen) atoms. The van der Waals surface area contributed by atoms with Gasteiger partial charge in [-0.25, -0.2) is 4.39 Å². The van der Waals surface area contributed by atoms with Crippen LogP contribution < -0.4 is 28.7 Å². The summed E-state index contributed by atoms with van der Waals surface area (Å²) < 4.78 is 53.1. The fourth-order valence-electron chi connectivity index (χ4n) is 1.99. The Kier molecular flexibility index (Phi) is 5.67. The van der Waals surface area contributed by atoms with Crippen molar-refractivity contribution >= 4 is 5.97 Å². The van der Waals surface area contributed by atoms with Gasteiger partial charge >= 0.3 is 25.2 Å². The van der Waals surface area contributed by atoms with Crippen molar-refractivity contribution in [2.24, 2.45) is 0 Å². The minimum Gasteiger partial charge on any atom is -0.548 e. The number of carbonyl (C=O) groups excluding carboxylic acids is 1. The van der Waals surface area contributed by atoms with Crippen LogP contribution >= 0.6 is 0 Å². The van der Waals surface area contributed by atoms with Crippen LogP contribution in [0.2, 0.25) is 0 Å². The van der Waals surface area contributed by atoms with Crippen LogP contribution in [0.25, 0.3) is 0 Å². The number of hydrogen-bond acceptors (Lipinski definition) is 4. The molecule has 1 fully saturated rings. The molecule has 0 spiro atoms. The average Bonchev–Trinajstić information content (AvgIpc) is 2.24. The molecule has 2 rings (SSSR count). The van der Waals surface area contributed by atoms with Crippen LogP contribution in [0.3, 0.4) is 0 Å². The maximum absolute atomic E-state index is 13.3. The second kappa shape index (κ2) is 6.69. The van der Waals surface area contributed by atoms with Gasteiger partial charge in [-0.3, -0.25) is 4.90 Å². The largest absolute Gasteiger partial charge is 1.00 e. The molecule has 4 nitrogen and oxygen atoms in total. The van der Waals surface area contributed by atoms with Gasteiger partial charge in [-0.05, 0) is 24.1 Å². The molecule has 0 bridgehead atoms. The number of rotatable bonds is 4. The third-order valence-electron chi connectivity index (χ3n) is 2.98. The zero-order valence-corrected chi connectivity index (χ0v) is 11.1. The van der Waals surface area contributed by atoms with Gasteiger partial charge in [0.05, 0.1) is 12.0 Å². The summed E-state index contributed by atoms with van der Waals surface area (Å²) in [4.78, 5) is 12.6. The zero-order chi connectivity index (χ0) is 14.9. The molecule has 1 aromatic rings. The Morgan fingerprint density at radius 2 is 1.95 bits per heavy atom. The van der Waals surface area contributed by atoms with Crippen molar-refractivity contribution in [1.29, 1.82) is 0 Å². The van der Waals surface area contributed by atoms with Gasteiger partial charge < -0.3 is 14.6 Å². The summed E-state index contributed by atoms with van der Waals surface area (Å²) in [5.74, 6) is -3.72. The molecule has 1 aliphatic rings. The summed E-state index contributed by atoms with van der Waals surface area (Å²) in [6.45, 7) is 0.983. The van der Waals surface area contributed by atoms with Crippen molar-refractivity contribution in [3.05, 3.63) is 29.6 Å². The number of carboxylic acid groups (broad SMARTS) is 1. The van der Waals surface area contributed by atoms with Gasteiger partial charge in [-0.15, -0.1) is 13.2 Å². The number of alkyl halides is 3. The van der Waals surface area contributed by atoms with Crippen LogP contribution in [0.5, 0.6) is 5.75 Å². The van der Waals surface area contributed by atoms with E-state index in [1.807, 2.05) is 0 Å². The quantitative estimate of drug-likeness (QED) is 0.487. The maximum Gasteiger partial charge on any atom is 1.00 e. The number of likely N-dealkylation sites (tertiary alicyclic amines) is 1. The van der Waals surface area contributed by atoms with E-state index in [1.54, 1.807) is 0 Å². The van der Waals surface area contributed by atoms with E-state index in [2.05, 4.69) is 4.74 Å². The summed E-state index contributed by atoms with van der Waals surface area (Å²) in [6.07, 6.45) is -4.26. The molecule has 0 N–H and O–H groups in total. The van der Waals surface area contributed by atoms with Crippen molar-refractivity contribution in [2.45, 2.75) is 18.8 Å². The van der Waals surface area contributed by atoms with E-state index < -0.39 is 29.9 Å². The van der Waals surface area contributed by atoms with Crippen LogP contribution in [0.15, 0.2) is 18.2 Å². The molecule has 1 saturated heterocycles. The predicted octanol–water partition coefficient (Wildman–Crippen LogP) is -1.77. The molecule has 1 atom stereocenters. The molecule has 1 heterocycles. The summed E-state index contributed by atoms with van der Waals surface area (Å²) in [5.41, 5.74) is -0.00894. The number of benzene rings is 1. The molecule has 110 valence electrons. The Bertz CT molecular complexity index is 520. The third kappa shape index (κ3) is 4.37. The minimum absolute atomic E-state index is 0. The fourth-order valence-corrected chi connectivity index (χ4v) is 1.99. The van der Waals surface area contributed by atoms with Crippen LogP contribution in [0.4, 0.5) is 17.6 Å². The Morgan fingerprint density at radius 3 is 2.38 bits per heavy atom. The molecule has 0 aliphatic carbocycles. The van der Waals surface area contributed by atoms with Gasteiger partial charge in [0.1, 0.15) is 0 Å². The number of ether oxygens (including phenoxy) is 1. The molecule has 9 heteroatoms. The minimum atomic E-state index is -5.05. The average molecular weight is 299 g/mol. The number of halogens is 4. The number of hydrogen-bond donors (Lipinski definition) is 0. The van der Waals surface area contributed by atoms with Gasteiger partial charge in [0.2, 0.25) is 0 Å². The molecular weight excluding hydrogens is 289 g/mol. The fraction of sp³-hybridized carbons (Fsp3) is 0.417. The Labute approximate surface area is 129 Å². The van der Waals surface area contributed by atoms with Gasteiger partial charge in [0, 0.05) is 13.1 Å². The van der Waals surface area contributed by atoms with Crippen LogP contribution in [-0.2, 0) is 4.79 Å². The molecule has 0 radical (unpaired) electrons.